The van der Waals surface area contributed by atoms with E-state index in [0.717, 1.165) is 6.42 Å². The fourth-order valence-corrected chi connectivity index (χ4v) is 3.75. The van der Waals surface area contributed by atoms with Crippen molar-refractivity contribution in [3.63, 3.8) is 0 Å². The van der Waals surface area contributed by atoms with E-state index in [1.54, 1.807) is 43.3 Å². The molecule has 4 nitrogen and oxygen atoms in total. The lowest BCUT2D eigenvalue weighted by Crippen LogP contribution is -2.50. The van der Waals surface area contributed by atoms with Crippen molar-refractivity contribution in [2.75, 3.05) is 0 Å². The topological polar surface area (TPSA) is 49.4 Å². The molecule has 0 heterocycles. The zero-order valence-corrected chi connectivity index (χ0v) is 20.0. The zero-order chi connectivity index (χ0) is 22.4. The van der Waals surface area contributed by atoms with Gasteiger partial charge in [0, 0.05) is 32.7 Å². The van der Waals surface area contributed by atoms with Gasteiger partial charge in [0.15, 0.2) is 0 Å². The SMILES string of the molecule is CC[C@@H](C)NC(=O)[C@H](C)N(Cc1ccc(Cl)cc1Cl)C(=O)Cc1ccc(Cl)cc1Cl. The molecule has 0 saturated heterocycles. The molecule has 0 fully saturated rings. The van der Waals surface area contributed by atoms with Gasteiger partial charge < -0.3 is 10.2 Å². The molecule has 0 radical (unpaired) electrons. The number of hydrogen-bond acceptors (Lipinski definition) is 2. The highest BCUT2D eigenvalue weighted by Gasteiger charge is 2.27. The third kappa shape index (κ3) is 6.78. The summed E-state index contributed by atoms with van der Waals surface area (Å²) in [5, 5.41) is 4.74. The van der Waals surface area contributed by atoms with Crippen LogP contribution < -0.4 is 5.32 Å². The van der Waals surface area contributed by atoms with E-state index in [1.165, 1.54) is 4.90 Å². The maximum Gasteiger partial charge on any atom is 0.242 e. The van der Waals surface area contributed by atoms with Crippen molar-refractivity contribution in [3.05, 3.63) is 67.6 Å². The van der Waals surface area contributed by atoms with Gasteiger partial charge in [0.05, 0.1) is 6.42 Å². The van der Waals surface area contributed by atoms with E-state index in [4.69, 9.17) is 46.4 Å². The summed E-state index contributed by atoms with van der Waals surface area (Å²) < 4.78 is 0. The van der Waals surface area contributed by atoms with Crippen LogP contribution in [0.1, 0.15) is 38.3 Å². The summed E-state index contributed by atoms with van der Waals surface area (Å²) in [6.07, 6.45) is 0.817. The van der Waals surface area contributed by atoms with Crippen molar-refractivity contribution >= 4 is 58.2 Å². The molecule has 1 N–H and O–H groups in total. The van der Waals surface area contributed by atoms with Crippen molar-refractivity contribution in [2.45, 2.75) is 52.2 Å². The number of carbonyl (C=O) groups excluding carboxylic acids is 2. The van der Waals surface area contributed by atoms with Crippen LogP contribution in [0.25, 0.3) is 0 Å². The first kappa shape index (κ1) is 24.8. The third-order valence-electron chi connectivity index (χ3n) is 4.88. The van der Waals surface area contributed by atoms with Crippen molar-refractivity contribution in [2.24, 2.45) is 0 Å². The van der Waals surface area contributed by atoms with E-state index in [-0.39, 0.29) is 30.8 Å². The summed E-state index contributed by atoms with van der Waals surface area (Å²) in [6, 6.07) is 9.33. The number of amides is 2. The molecule has 2 rings (SSSR count). The number of nitrogens with zero attached hydrogens (tertiary/aromatic N) is 1. The molecule has 2 atom stereocenters. The average Bonchev–Trinajstić information content (AvgIpc) is 2.68. The van der Waals surface area contributed by atoms with E-state index in [2.05, 4.69) is 5.32 Å². The second-order valence-corrected chi connectivity index (χ2v) is 8.85. The molecule has 0 aliphatic heterocycles. The van der Waals surface area contributed by atoms with Crippen LogP contribution in [0.2, 0.25) is 20.1 Å². The fourth-order valence-electron chi connectivity index (χ4n) is 2.81. The predicted octanol–water partition coefficient (Wildman–Crippen LogP) is 6.17. The van der Waals surface area contributed by atoms with Gasteiger partial charge in [-0.15, -0.1) is 0 Å². The van der Waals surface area contributed by atoms with Crippen LogP contribution >= 0.6 is 46.4 Å². The molecule has 0 spiro atoms. The number of carbonyl (C=O) groups is 2. The molecule has 2 amide bonds. The van der Waals surface area contributed by atoms with Crippen molar-refractivity contribution < 1.29 is 9.59 Å². The lowest BCUT2D eigenvalue weighted by molar-refractivity contribution is -0.140. The molecule has 0 saturated carbocycles. The Balaban J connectivity index is 2.31. The van der Waals surface area contributed by atoms with Gasteiger partial charge in [0.2, 0.25) is 11.8 Å². The van der Waals surface area contributed by atoms with Crippen LogP contribution in [0.4, 0.5) is 0 Å². The van der Waals surface area contributed by atoms with Crippen molar-refractivity contribution in [1.82, 2.24) is 10.2 Å². The Morgan fingerprint density at radius 2 is 1.47 bits per heavy atom. The summed E-state index contributed by atoms with van der Waals surface area (Å²) in [5.74, 6) is -0.484. The highest BCUT2D eigenvalue weighted by molar-refractivity contribution is 6.35. The second kappa shape index (κ2) is 11.2. The van der Waals surface area contributed by atoms with Crippen LogP contribution in [-0.2, 0) is 22.6 Å². The fraction of sp³-hybridized carbons (Fsp3) is 0.364. The van der Waals surface area contributed by atoms with Crippen LogP contribution in [0, 0.1) is 0 Å². The number of rotatable bonds is 8. The Hall–Kier alpha value is -1.46. The van der Waals surface area contributed by atoms with Gasteiger partial charge in [-0.3, -0.25) is 9.59 Å². The Morgan fingerprint density at radius 1 is 0.933 bits per heavy atom. The minimum Gasteiger partial charge on any atom is -0.352 e. The smallest absolute Gasteiger partial charge is 0.242 e. The van der Waals surface area contributed by atoms with E-state index >= 15 is 0 Å². The highest BCUT2D eigenvalue weighted by Crippen LogP contribution is 2.25. The first-order chi connectivity index (χ1) is 14.1. The number of benzene rings is 2. The first-order valence-electron chi connectivity index (χ1n) is 9.60. The van der Waals surface area contributed by atoms with Crippen molar-refractivity contribution in [1.29, 1.82) is 0 Å². The van der Waals surface area contributed by atoms with Gasteiger partial charge in [-0.05, 0) is 55.7 Å². The molecule has 162 valence electrons. The van der Waals surface area contributed by atoms with Gasteiger partial charge >= 0.3 is 0 Å². The Bertz CT molecular complexity index is 920. The molecule has 0 aliphatic rings. The molecule has 0 aromatic heterocycles. The molecule has 0 aliphatic carbocycles. The Labute approximate surface area is 197 Å². The van der Waals surface area contributed by atoms with E-state index < -0.39 is 6.04 Å². The molecule has 2 aromatic rings. The van der Waals surface area contributed by atoms with E-state index in [9.17, 15) is 9.59 Å². The molecule has 8 heteroatoms. The summed E-state index contributed by atoms with van der Waals surface area (Å²) in [7, 11) is 0. The molecule has 0 unspecified atom stereocenters. The summed E-state index contributed by atoms with van der Waals surface area (Å²) >= 11 is 24.5. The maximum atomic E-state index is 13.2. The monoisotopic (exact) mass is 488 g/mol. The van der Waals surface area contributed by atoms with Gasteiger partial charge in [-0.1, -0.05) is 65.5 Å². The summed E-state index contributed by atoms with van der Waals surface area (Å²) in [4.78, 5) is 27.5. The van der Waals surface area contributed by atoms with E-state index in [1.807, 2.05) is 13.8 Å². The minimum atomic E-state index is -0.704. The molecular formula is C22H24Cl4N2O2. The molecule has 30 heavy (non-hydrogen) atoms. The standard InChI is InChI=1S/C22H24Cl4N2O2/c1-4-13(2)27-22(30)14(3)28(12-16-6-8-18(24)11-20(16)26)21(29)9-15-5-7-17(23)10-19(15)25/h5-8,10-11,13-14H,4,9,12H2,1-3H3,(H,27,30)/t13-,14+/m1/s1. The predicted molar refractivity (Wildman–Crippen MR) is 125 cm³/mol. The average molecular weight is 490 g/mol. The molecular weight excluding hydrogens is 466 g/mol. The quantitative estimate of drug-likeness (QED) is 0.481. The largest absolute Gasteiger partial charge is 0.352 e. The normalized spacial score (nSPS) is 12.9. The van der Waals surface area contributed by atoms with Gasteiger partial charge in [-0.25, -0.2) is 0 Å². The van der Waals surface area contributed by atoms with Gasteiger partial charge in [0.25, 0.3) is 0 Å². The van der Waals surface area contributed by atoms with Gasteiger partial charge in [0.1, 0.15) is 6.04 Å². The zero-order valence-electron chi connectivity index (χ0n) is 17.0. The summed E-state index contributed by atoms with van der Waals surface area (Å²) in [5.41, 5.74) is 1.33. The van der Waals surface area contributed by atoms with E-state index in [0.29, 0.717) is 31.2 Å². The minimum absolute atomic E-state index is 0.00160. The lowest BCUT2D eigenvalue weighted by Gasteiger charge is -2.30. The number of nitrogens with one attached hydrogen (secondary N) is 1. The number of halogens is 4. The Morgan fingerprint density at radius 3 is 1.97 bits per heavy atom. The van der Waals surface area contributed by atoms with Gasteiger partial charge in [-0.2, -0.15) is 0 Å². The maximum absolute atomic E-state index is 13.2. The summed E-state index contributed by atoms with van der Waals surface area (Å²) in [6.45, 7) is 5.76. The second-order valence-electron chi connectivity index (χ2n) is 7.16. The third-order valence-corrected chi connectivity index (χ3v) is 6.05. The first-order valence-corrected chi connectivity index (χ1v) is 11.1. The van der Waals surface area contributed by atoms with Crippen LogP contribution in [0.5, 0.6) is 0 Å². The lowest BCUT2D eigenvalue weighted by atomic mass is 10.1. The molecule has 0 bridgehead atoms. The van der Waals surface area contributed by atoms with Crippen LogP contribution in [-0.4, -0.2) is 28.8 Å². The van der Waals surface area contributed by atoms with Crippen LogP contribution in [0.15, 0.2) is 36.4 Å². The van der Waals surface area contributed by atoms with Crippen LogP contribution in [0.3, 0.4) is 0 Å². The highest BCUT2D eigenvalue weighted by atomic mass is 35.5. The number of hydrogen-bond donors (Lipinski definition) is 1. The Kier molecular flexibility index (Phi) is 9.30. The van der Waals surface area contributed by atoms with Crippen molar-refractivity contribution in [3.8, 4) is 0 Å². The molecule has 2 aromatic carbocycles.